The summed E-state index contributed by atoms with van der Waals surface area (Å²) in [6, 6.07) is 0. The van der Waals surface area contributed by atoms with Gasteiger partial charge in [-0.1, -0.05) is 6.92 Å². The minimum absolute atomic E-state index is 0.0582. The third-order valence-corrected chi connectivity index (χ3v) is 2.96. The lowest BCUT2D eigenvalue weighted by molar-refractivity contribution is -0.102. The molecule has 1 aliphatic rings. The Bertz CT molecular complexity index is 182. The van der Waals surface area contributed by atoms with Crippen molar-refractivity contribution in [2.45, 2.75) is 51.9 Å². The Hall–Kier alpha value is -0.120. The smallest absolute Gasteiger partial charge is 0.0675 e. The first-order valence-corrected chi connectivity index (χ1v) is 5.50. The highest BCUT2D eigenvalue weighted by Gasteiger charge is 2.33. The van der Waals surface area contributed by atoms with Crippen molar-refractivity contribution in [1.82, 2.24) is 4.90 Å². The third-order valence-electron chi connectivity index (χ3n) is 2.96. The third kappa shape index (κ3) is 2.94. The molecule has 0 bridgehead atoms. The lowest BCUT2D eigenvalue weighted by Crippen LogP contribution is -2.57. The van der Waals surface area contributed by atoms with Gasteiger partial charge >= 0.3 is 0 Å². The van der Waals surface area contributed by atoms with Crippen LogP contribution in [0.25, 0.3) is 0 Å². The second-order valence-corrected chi connectivity index (χ2v) is 4.90. The van der Waals surface area contributed by atoms with Gasteiger partial charge in [-0.25, -0.2) is 0 Å². The Morgan fingerprint density at radius 2 is 2.21 bits per heavy atom. The minimum Gasteiger partial charge on any atom is -0.392 e. The first-order valence-electron chi connectivity index (χ1n) is 5.50. The van der Waals surface area contributed by atoms with Crippen LogP contribution in [0.4, 0.5) is 0 Å². The molecule has 1 rings (SSSR count). The van der Waals surface area contributed by atoms with Crippen LogP contribution in [0.1, 0.15) is 34.1 Å². The fraction of sp³-hybridized carbons (Fsp3) is 1.00. The summed E-state index contributed by atoms with van der Waals surface area (Å²) in [6.07, 6.45) is 0.897. The largest absolute Gasteiger partial charge is 0.392 e. The van der Waals surface area contributed by atoms with E-state index in [1.165, 1.54) is 0 Å². The summed E-state index contributed by atoms with van der Waals surface area (Å²) in [5.41, 5.74) is 0.0582. The van der Waals surface area contributed by atoms with Gasteiger partial charge < -0.3 is 9.84 Å². The first-order chi connectivity index (χ1) is 6.45. The van der Waals surface area contributed by atoms with Crippen molar-refractivity contribution in [1.29, 1.82) is 0 Å². The standard InChI is InChI=1S/C11H23NO2/c1-5-10(13)7-12-6-9(2)14-8-11(12,3)4/h9-10,13H,5-8H2,1-4H3. The van der Waals surface area contributed by atoms with E-state index >= 15 is 0 Å². The normalized spacial score (nSPS) is 30.2. The van der Waals surface area contributed by atoms with Gasteiger partial charge in [0.25, 0.3) is 0 Å². The number of rotatable bonds is 3. The van der Waals surface area contributed by atoms with Crippen molar-refractivity contribution < 1.29 is 9.84 Å². The van der Waals surface area contributed by atoms with E-state index in [1.807, 2.05) is 6.92 Å². The molecule has 2 unspecified atom stereocenters. The average Bonchev–Trinajstić information content (AvgIpc) is 2.12. The maximum absolute atomic E-state index is 9.65. The van der Waals surface area contributed by atoms with Crippen LogP contribution in [0.15, 0.2) is 0 Å². The van der Waals surface area contributed by atoms with E-state index in [0.717, 1.165) is 26.1 Å². The summed E-state index contributed by atoms with van der Waals surface area (Å²) in [5, 5.41) is 9.65. The molecule has 1 N–H and O–H groups in total. The highest BCUT2D eigenvalue weighted by Crippen LogP contribution is 2.22. The maximum atomic E-state index is 9.65. The molecule has 14 heavy (non-hydrogen) atoms. The van der Waals surface area contributed by atoms with Crippen LogP contribution in [-0.4, -0.2) is 47.4 Å². The number of nitrogens with zero attached hydrogens (tertiary/aromatic N) is 1. The molecule has 0 saturated carbocycles. The van der Waals surface area contributed by atoms with E-state index in [4.69, 9.17) is 4.74 Å². The molecule has 0 spiro atoms. The van der Waals surface area contributed by atoms with E-state index in [0.29, 0.717) is 0 Å². The van der Waals surface area contributed by atoms with Crippen LogP contribution in [0.2, 0.25) is 0 Å². The second kappa shape index (κ2) is 4.60. The van der Waals surface area contributed by atoms with Gasteiger partial charge in [0, 0.05) is 18.6 Å². The molecule has 2 atom stereocenters. The summed E-state index contributed by atoms with van der Waals surface area (Å²) < 4.78 is 5.62. The van der Waals surface area contributed by atoms with E-state index in [9.17, 15) is 5.11 Å². The molecule has 1 aliphatic heterocycles. The van der Waals surface area contributed by atoms with E-state index in [-0.39, 0.29) is 17.7 Å². The SMILES string of the molecule is CCC(O)CN1CC(C)OCC1(C)C. The molecule has 0 aromatic carbocycles. The molecule has 0 aromatic heterocycles. The van der Waals surface area contributed by atoms with Gasteiger partial charge in [-0.05, 0) is 27.2 Å². The van der Waals surface area contributed by atoms with Crippen molar-refractivity contribution in [3.05, 3.63) is 0 Å². The van der Waals surface area contributed by atoms with Crippen molar-refractivity contribution >= 4 is 0 Å². The number of morpholine rings is 1. The van der Waals surface area contributed by atoms with E-state index in [2.05, 4.69) is 25.7 Å². The van der Waals surface area contributed by atoms with Gasteiger partial charge in [-0.3, -0.25) is 4.90 Å². The first kappa shape index (κ1) is 12.0. The molecular formula is C11H23NO2. The number of hydrogen-bond donors (Lipinski definition) is 1. The molecule has 3 heteroatoms. The molecule has 84 valence electrons. The summed E-state index contributed by atoms with van der Waals surface area (Å²) in [4.78, 5) is 2.33. The van der Waals surface area contributed by atoms with Crippen LogP contribution >= 0.6 is 0 Å². The molecule has 1 saturated heterocycles. The topological polar surface area (TPSA) is 32.7 Å². The summed E-state index contributed by atoms with van der Waals surface area (Å²) in [6.45, 7) is 10.9. The minimum atomic E-state index is -0.209. The predicted molar refractivity (Wildman–Crippen MR) is 57.4 cm³/mol. The monoisotopic (exact) mass is 201 g/mol. The van der Waals surface area contributed by atoms with Crippen molar-refractivity contribution in [2.24, 2.45) is 0 Å². The van der Waals surface area contributed by atoms with Crippen molar-refractivity contribution in [3.63, 3.8) is 0 Å². The summed E-state index contributed by atoms with van der Waals surface area (Å²) in [7, 11) is 0. The van der Waals surface area contributed by atoms with Crippen LogP contribution in [0.5, 0.6) is 0 Å². The quantitative estimate of drug-likeness (QED) is 0.746. The number of ether oxygens (including phenoxy) is 1. The van der Waals surface area contributed by atoms with Crippen LogP contribution < -0.4 is 0 Å². The molecular weight excluding hydrogens is 178 g/mol. The van der Waals surface area contributed by atoms with E-state index in [1.54, 1.807) is 0 Å². The molecule has 0 aliphatic carbocycles. The maximum Gasteiger partial charge on any atom is 0.0675 e. The number of hydrogen-bond acceptors (Lipinski definition) is 3. The summed E-state index contributed by atoms with van der Waals surface area (Å²) >= 11 is 0. The molecule has 0 radical (unpaired) electrons. The van der Waals surface area contributed by atoms with E-state index < -0.39 is 0 Å². The van der Waals surface area contributed by atoms with Gasteiger partial charge in [0.05, 0.1) is 18.8 Å². The zero-order chi connectivity index (χ0) is 10.8. The predicted octanol–water partition coefficient (Wildman–Crippen LogP) is 1.26. The highest BCUT2D eigenvalue weighted by atomic mass is 16.5. The van der Waals surface area contributed by atoms with Crippen molar-refractivity contribution in [2.75, 3.05) is 19.7 Å². The number of aliphatic hydroxyl groups excluding tert-OH is 1. The zero-order valence-corrected chi connectivity index (χ0v) is 9.79. The Kier molecular flexibility index (Phi) is 3.93. The second-order valence-electron chi connectivity index (χ2n) is 4.90. The lowest BCUT2D eigenvalue weighted by Gasteiger charge is -2.45. The van der Waals surface area contributed by atoms with Gasteiger partial charge in [0.1, 0.15) is 0 Å². The molecule has 3 nitrogen and oxygen atoms in total. The number of aliphatic hydroxyl groups is 1. The Balaban J connectivity index is 2.54. The van der Waals surface area contributed by atoms with Gasteiger partial charge in [-0.15, -0.1) is 0 Å². The summed E-state index contributed by atoms with van der Waals surface area (Å²) in [5.74, 6) is 0. The van der Waals surface area contributed by atoms with Gasteiger partial charge in [0.2, 0.25) is 0 Å². The number of β-amino-alcohol motifs (C(OH)–C–C–N with tert-alkyl or cyclic N) is 1. The molecule has 1 fully saturated rings. The van der Waals surface area contributed by atoms with Crippen molar-refractivity contribution in [3.8, 4) is 0 Å². The van der Waals surface area contributed by atoms with Gasteiger partial charge in [-0.2, -0.15) is 0 Å². The van der Waals surface area contributed by atoms with Gasteiger partial charge in [0.15, 0.2) is 0 Å². The van der Waals surface area contributed by atoms with Crippen LogP contribution in [0, 0.1) is 0 Å². The Morgan fingerprint density at radius 3 is 2.79 bits per heavy atom. The fourth-order valence-corrected chi connectivity index (χ4v) is 1.75. The van der Waals surface area contributed by atoms with Crippen LogP contribution in [0.3, 0.4) is 0 Å². The Morgan fingerprint density at radius 1 is 1.57 bits per heavy atom. The Labute approximate surface area is 87.1 Å². The molecule has 1 heterocycles. The highest BCUT2D eigenvalue weighted by molar-refractivity contribution is 4.87. The fourth-order valence-electron chi connectivity index (χ4n) is 1.75. The zero-order valence-electron chi connectivity index (χ0n) is 9.79. The molecule has 0 aromatic rings. The average molecular weight is 201 g/mol. The lowest BCUT2D eigenvalue weighted by atomic mass is 10.00. The molecule has 0 amide bonds. The van der Waals surface area contributed by atoms with Crippen LogP contribution in [-0.2, 0) is 4.74 Å².